The summed E-state index contributed by atoms with van der Waals surface area (Å²) in [4.78, 5) is 3.97. The highest BCUT2D eigenvalue weighted by molar-refractivity contribution is 5.84. The molecular formula is C8H8N2O3. The number of ether oxygens (including phenoxy) is 2. The molecule has 0 saturated heterocycles. The molecule has 2 heterocycles. The van der Waals surface area contributed by atoms with Crippen molar-refractivity contribution in [1.82, 2.24) is 4.98 Å². The first-order valence-electron chi connectivity index (χ1n) is 3.84. The van der Waals surface area contributed by atoms with Gasteiger partial charge in [0.1, 0.15) is 13.2 Å². The maximum atomic E-state index is 8.37. The smallest absolute Gasteiger partial charge is 0.257 e. The van der Waals surface area contributed by atoms with E-state index >= 15 is 0 Å². The van der Waals surface area contributed by atoms with Gasteiger partial charge in [-0.05, 0) is 6.07 Å². The number of nitrogens with zero attached hydrogens (tertiary/aromatic N) is 2. The van der Waals surface area contributed by atoms with Crippen LogP contribution in [-0.2, 0) is 0 Å². The zero-order valence-corrected chi connectivity index (χ0v) is 6.80. The van der Waals surface area contributed by atoms with E-state index < -0.39 is 0 Å². The number of pyridine rings is 1. The third-order valence-electron chi connectivity index (χ3n) is 1.67. The second-order valence-electron chi connectivity index (χ2n) is 2.48. The van der Waals surface area contributed by atoms with Gasteiger partial charge in [0.05, 0.1) is 6.21 Å². The van der Waals surface area contributed by atoms with Gasteiger partial charge < -0.3 is 14.7 Å². The molecule has 1 aliphatic heterocycles. The van der Waals surface area contributed by atoms with Gasteiger partial charge in [0, 0.05) is 11.8 Å². The van der Waals surface area contributed by atoms with Gasteiger partial charge in [0.2, 0.25) is 0 Å². The first-order chi connectivity index (χ1) is 6.42. The molecule has 2 rings (SSSR count). The molecule has 0 atom stereocenters. The molecule has 1 aliphatic rings. The average molecular weight is 180 g/mol. The normalized spacial score (nSPS) is 14.8. The number of hydrogen-bond acceptors (Lipinski definition) is 5. The molecule has 1 aromatic heterocycles. The van der Waals surface area contributed by atoms with E-state index in [9.17, 15) is 0 Å². The molecule has 0 amide bonds. The topological polar surface area (TPSA) is 63.9 Å². The number of aromatic nitrogens is 1. The highest BCUT2D eigenvalue weighted by Gasteiger charge is 2.15. The van der Waals surface area contributed by atoms with Crippen LogP contribution in [0.3, 0.4) is 0 Å². The summed E-state index contributed by atoms with van der Waals surface area (Å²) >= 11 is 0. The standard InChI is InChI=1S/C8H8N2O3/c11-10-5-6-1-2-9-8-7(6)12-3-4-13-8/h1-2,5,11H,3-4H2. The molecule has 68 valence electrons. The maximum Gasteiger partial charge on any atom is 0.257 e. The summed E-state index contributed by atoms with van der Waals surface area (Å²) in [6.07, 6.45) is 2.86. The molecule has 5 heteroatoms. The summed E-state index contributed by atoms with van der Waals surface area (Å²) in [7, 11) is 0. The minimum atomic E-state index is 0.448. The second kappa shape index (κ2) is 3.30. The zero-order chi connectivity index (χ0) is 9.10. The molecule has 0 saturated carbocycles. The lowest BCUT2D eigenvalue weighted by Crippen LogP contribution is -2.17. The summed E-state index contributed by atoms with van der Waals surface area (Å²) in [6, 6.07) is 1.69. The molecule has 0 aromatic carbocycles. The van der Waals surface area contributed by atoms with Gasteiger partial charge in [-0.25, -0.2) is 4.98 Å². The Hall–Kier alpha value is -1.78. The van der Waals surface area contributed by atoms with E-state index in [0.29, 0.717) is 30.4 Å². The first-order valence-corrected chi connectivity index (χ1v) is 3.84. The van der Waals surface area contributed by atoms with Crippen LogP contribution in [0.25, 0.3) is 0 Å². The van der Waals surface area contributed by atoms with E-state index in [1.54, 1.807) is 12.3 Å². The summed E-state index contributed by atoms with van der Waals surface area (Å²) in [5.41, 5.74) is 0.659. The molecule has 0 aliphatic carbocycles. The van der Waals surface area contributed by atoms with Gasteiger partial charge in [0.25, 0.3) is 5.88 Å². The van der Waals surface area contributed by atoms with Crippen molar-refractivity contribution < 1.29 is 14.7 Å². The molecule has 0 bridgehead atoms. The third kappa shape index (κ3) is 1.40. The second-order valence-corrected chi connectivity index (χ2v) is 2.48. The quantitative estimate of drug-likeness (QED) is 0.391. The lowest BCUT2D eigenvalue weighted by molar-refractivity contribution is 0.164. The van der Waals surface area contributed by atoms with E-state index in [1.807, 2.05) is 0 Å². The monoisotopic (exact) mass is 180 g/mol. The minimum absolute atomic E-state index is 0.448. The van der Waals surface area contributed by atoms with Crippen LogP contribution in [0.4, 0.5) is 0 Å². The first kappa shape index (κ1) is 7.85. The fourth-order valence-electron chi connectivity index (χ4n) is 1.14. The van der Waals surface area contributed by atoms with Crippen LogP contribution in [-0.4, -0.2) is 29.6 Å². The Morgan fingerprint density at radius 3 is 3.15 bits per heavy atom. The molecule has 0 radical (unpaired) electrons. The van der Waals surface area contributed by atoms with E-state index in [4.69, 9.17) is 14.7 Å². The molecular weight excluding hydrogens is 172 g/mol. The largest absolute Gasteiger partial charge is 0.484 e. The molecule has 5 nitrogen and oxygen atoms in total. The highest BCUT2D eigenvalue weighted by Crippen LogP contribution is 2.29. The number of hydrogen-bond donors (Lipinski definition) is 1. The van der Waals surface area contributed by atoms with Crippen LogP contribution in [0.15, 0.2) is 17.4 Å². The fourth-order valence-corrected chi connectivity index (χ4v) is 1.14. The Morgan fingerprint density at radius 2 is 2.31 bits per heavy atom. The van der Waals surface area contributed by atoms with Crippen molar-refractivity contribution in [2.24, 2.45) is 5.16 Å². The average Bonchev–Trinajstić information content (AvgIpc) is 2.19. The van der Waals surface area contributed by atoms with E-state index in [-0.39, 0.29) is 0 Å². The molecule has 0 unspecified atom stereocenters. The predicted molar refractivity (Wildman–Crippen MR) is 44.6 cm³/mol. The minimum Gasteiger partial charge on any atom is -0.484 e. The van der Waals surface area contributed by atoms with Crippen molar-refractivity contribution in [3.8, 4) is 11.6 Å². The van der Waals surface area contributed by atoms with Crippen LogP contribution < -0.4 is 9.47 Å². The van der Waals surface area contributed by atoms with Crippen molar-refractivity contribution in [1.29, 1.82) is 0 Å². The van der Waals surface area contributed by atoms with Crippen molar-refractivity contribution >= 4 is 6.21 Å². The van der Waals surface area contributed by atoms with E-state index in [1.165, 1.54) is 6.21 Å². The van der Waals surface area contributed by atoms with Crippen molar-refractivity contribution in [3.05, 3.63) is 17.8 Å². The Bertz CT molecular complexity index is 338. The van der Waals surface area contributed by atoms with Crippen molar-refractivity contribution in [3.63, 3.8) is 0 Å². The lowest BCUT2D eigenvalue weighted by atomic mass is 10.2. The lowest BCUT2D eigenvalue weighted by Gasteiger charge is -2.17. The Morgan fingerprint density at radius 1 is 1.46 bits per heavy atom. The van der Waals surface area contributed by atoms with Gasteiger partial charge in [-0.1, -0.05) is 5.16 Å². The molecule has 1 N–H and O–H groups in total. The zero-order valence-electron chi connectivity index (χ0n) is 6.80. The van der Waals surface area contributed by atoms with Crippen LogP contribution in [0.1, 0.15) is 5.56 Å². The third-order valence-corrected chi connectivity index (χ3v) is 1.67. The van der Waals surface area contributed by atoms with Crippen LogP contribution in [0.5, 0.6) is 11.6 Å². The van der Waals surface area contributed by atoms with Gasteiger partial charge in [-0.2, -0.15) is 0 Å². The van der Waals surface area contributed by atoms with Crippen LogP contribution in [0.2, 0.25) is 0 Å². The Labute approximate surface area is 74.6 Å². The van der Waals surface area contributed by atoms with E-state index in [2.05, 4.69) is 10.1 Å². The number of oxime groups is 1. The number of fused-ring (bicyclic) bond motifs is 1. The number of rotatable bonds is 1. The predicted octanol–water partition coefficient (Wildman–Crippen LogP) is 0.661. The van der Waals surface area contributed by atoms with Gasteiger partial charge >= 0.3 is 0 Å². The Kier molecular flexibility index (Phi) is 1.99. The maximum absolute atomic E-state index is 8.37. The SMILES string of the molecule is ON=Cc1ccnc2c1OCCO2. The molecule has 1 aromatic rings. The van der Waals surface area contributed by atoms with Crippen molar-refractivity contribution in [2.75, 3.05) is 13.2 Å². The Balaban J connectivity index is 2.45. The van der Waals surface area contributed by atoms with Gasteiger partial charge in [-0.3, -0.25) is 0 Å². The van der Waals surface area contributed by atoms with E-state index in [0.717, 1.165) is 0 Å². The van der Waals surface area contributed by atoms with Crippen molar-refractivity contribution in [2.45, 2.75) is 0 Å². The summed E-state index contributed by atoms with van der Waals surface area (Å²) in [5.74, 6) is 0.982. The molecule has 0 fully saturated rings. The molecule has 0 spiro atoms. The summed E-state index contributed by atoms with van der Waals surface area (Å²) in [6.45, 7) is 0.991. The van der Waals surface area contributed by atoms with Crippen LogP contribution >= 0.6 is 0 Å². The summed E-state index contributed by atoms with van der Waals surface area (Å²) < 4.78 is 10.5. The van der Waals surface area contributed by atoms with Crippen LogP contribution in [0, 0.1) is 0 Å². The highest BCUT2D eigenvalue weighted by atomic mass is 16.6. The molecule has 13 heavy (non-hydrogen) atoms. The van der Waals surface area contributed by atoms with Gasteiger partial charge in [-0.15, -0.1) is 0 Å². The van der Waals surface area contributed by atoms with Gasteiger partial charge in [0.15, 0.2) is 5.75 Å². The fraction of sp³-hybridized carbons (Fsp3) is 0.250. The summed E-state index contributed by atoms with van der Waals surface area (Å²) in [5, 5.41) is 11.3.